The summed E-state index contributed by atoms with van der Waals surface area (Å²) in [5.74, 6) is -2.73. The highest BCUT2D eigenvalue weighted by molar-refractivity contribution is 5.70. The van der Waals surface area contributed by atoms with Gasteiger partial charge in [-0.05, 0) is 44.0 Å². The van der Waals surface area contributed by atoms with Crippen molar-refractivity contribution in [3.8, 4) is 0 Å². The maximum Gasteiger partial charge on any atom is 0.306 e. The smallest absolute Gasteiger partial charge is 0.306 e. The molecule has 1 heterocycles. The van der Waals surface area contributed by atoms with E-state index in [2.05, 4.69) is 4.90 Å². The van der Waals surface area contributed by atoms with Crippen molar-refractivity contribution in [3.05, 3.63) is 35.4 Å². The molecule has 1 N–H and O–H groups in total. The Morgan fingerprint density at radius 1 is 1.42 bits per heavy atom. The lowest BCUT2D eigenvalue weighted by molar-refractivity contribution is -0.144. The number of carboxylic acids is 1. The monoisotopic (exact) mass is 269 g/mol. The molecule has 2 unspecified atom stereocenters. The highest BCUT2D eigenvalue weighted by Crippen LogP contribution is 2.24. The minimum atomic E-state index is -0.846. The lowest BCUT2D eigenvalue weighted by atomic mass is 9.91. The lowest BCUT2D eigenvalue weighted by Gasteiger charge is -2.36. The molecule has 0 bridgehead atoms. The molecule has 2 rings (SSSR count). The number of hydrogen-bond donors (Lipinski definition) is 1. The number of benzene rings is 1. The van der Waals surface area contributed by atoms with Gasteiger partial charge in [0.25, 0.3) is 0 Å². The molecule has 1 aliphatic rings. The first kappa shape index (κ1) is 13.9. The van der Waals surface area contributed by atoms with E-state index in [1.54, 1.807) is 6.07 Å². The average molecular weight is 269 g/mol. The number of halogens is 2. The summed E-state index contributed by atoms with van der Waals surface area (Å²) < 4.78 is 26.0. The van der Waals surface area contributed by atoms with E-state index in [0.29, 0.717) is 31.5 Å². The van der Waals surface area contributed by atoms with Gasteiger partial charge >= 0.3 is 5.97 Å². The second-order valence-electron chi connectivity index (χ2n) is 5.13. The van der Waals surface area contributed by atoms with Crippen LogP contribution in [0, 0.1) is 17.6 Å². The number of rotatable bonds is 3. The fourth-order valence-corrected chi connectivity index (χ4v) is 2.55. The first-order valence-electron chi connectivity index (χ1n) is 6.38. The number of carboxylic acid groups (broad SMARTS) is 1. The summed E-state index contributed by atoms with van der Waals surface area (Å²) in [6.07, 6.45) is 1.20. The van der Waals surface area contributed by atoms with Crippen LogP contribution in [-0.4, -0.2) is 28.6 Å². The van der Waals surface area contributed by atoms with Crippen LogP contribution in [0.5, 0.6) is 0 Å². The van der Waals surface area contributed by atoms with Gasteiger partial charge in [-0.1, -0.05) is 6.07 Å². The SMILES string of the molecule is CC1CC(C(=O)O)CCN1Cc1ccc(F)c(F)c1. The third-order valence-corrected chi connectivity index (χ3v) is 3.73. The topological polar surface area (TPSA) is 40.5 Å². The highest BCUT2D eigenvalue weighted by Gasteiger charge is 2.29. The fraction of sp³-hybridized carbons (Fsp3) is 0.500. The normalized spacial score (nSPS) is 24.4. The van der Waals surface area contributed by atoms with E-state index in [-0.39, 0.29) is 12.0 Å². The molecule has 0 spiro atoms. The molecule has 0 radical (unpaired) electrons. The number of hydrogen-bond acceptors (Lipinski definition) is 2. The Kier molecular flexibility index (Phi) is 4.14. The van der Waals surface area contributed by atoms with Crippen LogP contribution in [-0.2, 0) is 11.3 Å². The van der Waals surface area contributed by atoms with Gasteiger partial charge in [0.2, 0.25) is 0 Å². The van der Waals surface area contributed by atoms with Crippen LogP contribution in [0.3, 0.4) is 0 Å². The van der Waals surface area contributed by atoms with E-state index in [0.717, 1.165) is 6.07 Å². The van der Waals surface area contributed by atoms with Crippen LogP contribution in [0.25, 0.3) is 0 Å². The predicted octanol–water partition coefficient (Wildman–Crippen LogP) is 2.65. The maximum atomic E-state index is 13.1. The molecule has 1 aromatic rings. The van der Waals surface area contributed by atoms with Crippen molar-refractivity contribution in [2.75, 3.05) is 6.54 Å². The Hall–Kier alpha value is -1.49. The molecule has 5 heteroatoms. The molecule has 1 aromatic carbocycles. The third-order valence-electron chi connectivity index (χ3n) is 3.73. The van der Waals surface area contributed by atoms with E-state index in [1.807, 2.05) is 6.92 Å². The zero-order valence-corrected chi connectivity index (χ0v) is 10.8. The predicted molar refractivity (Wildman–Crippen MR) is 66.6 cm³/mol. The Labute approximate surface area is 110 Å². The van der Waals surface area contributed by atoms with Crippen molar-refractivity contribution >= 4 is 5.97 Å². The molecule has 104 valence electrons. The highest BCUT2D eigenvalue weighted by atomic mass is 19.2. The molecule has 0 aliphatic carbocycles. The van der Waals surface area contributed by atoms with E-state index in [1.165, 1.54) is 6.07 Å². The van der Waals surface area contributed by atoms with Gasteiger partial charge in [0.1, 0.15) is 0 Å². The molecular formula is C14H17F2NO2. The Bertz CT molecular complexity index is 479. The van der Waals surface area contributed by atoms with Crippen LogP contribution >= 0.6 is 0 Å². The first-order valence-corrected chi connectivity index (χ1v) is 6.38. The number of nitrogens with zero attached hydrogens (tertiary/aromatic N) is 1. The largest absolute Gasteiger partial charge is 0.481 e. The Morgan fingerprint density at radius 3 is 2.74 bits per heavy atom. The molecule has 1 fully saturated rings. The zero-order valence-electron chi connectivity index (χ0n) is 10.8. The van der Waals surface area contributed by atoms with Crippen molar-refractivity contribution in [3.63, 3.8) is 0 Å². The van der Waals surface area contributed by atoms with Crippen molar-refractivity contribution < 1.29 is 18.7 Å². The van der Waals surface area contributed by atoms with Crippen molar-refractivity contribution in [1.29, 1.82) is 0 Å². The van der Waals surface area contributed by atoms with Gasteiger partial charge in [-0.25, -0.2) is 8.78 Å². The van der Waals surface area contributed by atoms with Gasteiger partial charge < -0.3 is 5.11 Å². The van der Waals surface area contributed by atoms with Gasteiger partial charge in [-0.3, -0.25) is 9.69 Å². The molecular weight excluding hydrogens is 252 g/mol. The van der Waals surface area contributed by atoms with Crippen molar-refractivity contribution in [1.82, 2.24) is 4.90 Å². The van der Waals surface area contributed by atoms with E-state index in [4.69, 9.17) is 5.11 Å². The van der Waals surface area contributed by atoms with E-state index in [9.17, 15) is 13.6 Å². The van der Waals surface area contributed by atoms with Crippen molar-refractivity contribution in [2.45, 2.75) is 32.4 Å². The third kappa shape index (κ3) is 3.29. The van der Waals surface area contributed by atoms with Crippen LogP contribution in [0.2, 0.25) is 0 Å². The molecule has 3 nitrogen and oxygen atoms in total. The van der Waals surface area contributed by atoms with Gasteiger partial charge in [0, 0.05) is 12.6 Å². The lowest BCUT2D eigenvalue weighted by Crippen LogP contribution is -2.42. The van der Waals surface area contributed by atoms with Gasteiger partial charge in [-0.2, -0.15) is 0 Å². The number of carbonyl (C=O) groups is 1. The van der Waals surface area contributed by atoms with Gasteiger partial charge in [0.15, 0.2) is 11.6 Å². The summed E-state index contributed by atoms with van der Waals surface area (Å²) >= 11 is 0. The minimum Gasteiger partial charge on any atom is -0.481 e. The second-order valence-corrected chi connectivity index (χ2v) is 5.13. The van der Waals surface area contributed by atoms with Crippen LogP contribution in [0.15, 0.2) is 18.2 Å². The van der Waals surface area contributed by atoms with E-state index >= 15 is 0 Å². The molecule has 0 aromatic heterocycles. The standard InChI is InChI=1S/C14H17F2NO2/c1-9-6-11(14(18)19)4-5-17(9)8-10-2-3-12(15)13(16)7-10/h2-3,7,9,11H,4-6,8H2,1H3,(H,18,19). The summed E-state index contributed by atoms with van der Waals surface area (Å²) in [7, 11) is 0. The van der Waals surface area contributed by atoms with Crippen LogP contribution < -0.4 is 0 Å². The quantitative estimate of drug-likeness (QED) is 0.917. The van der Waals surface area contributed by atoms with Gasteiger partial charge in [0.05, 0.1) is 5.92 Å². The Balaban J connectivity index is 2.00. The second kappa shape index (κ2) is 5.65. The average Bonchev–Trinajstić information content (AvgIpc) is 2.36. The maximum absolute atomic E-state index is 13.1. The fourth-order valence-electron chi connectivity index (χ4n) is 2.55. The summed E-state index contributed by atoms with van der Waals surface area (Å²) in [5, 5.41) is 8.99. The van der Waals surface area contributed by atoms with Crippen molar-refractivity contribution in [2.24, 2.45) is 5.92 Å². The summed E-state index contributed by atoms with van der Waals surface area (Å²) in [6.45, 7) is 3.15. The van der Waals surface area contributed by atoms with E-state index < -0.39 is 17.6 Å². The first-order chi connectivity index (χ1) is 8.97. The van der Waals surface area contributed by atoms with Crippen LogP contribution in [0.4, 0.5) is 8.78 Å². The number of likely N-dealkylation sites (tertiary alicyclic amines) is 1. The zero-order chi connectivity index (χ0) is 14.0. The summed E-state index contributed by atoms with van der Waals surface area (Å²) in [4.78, 5) is 13.0. The molecule has 19 heavy (non-hydrogen) atoms. The summed E-state index contributed by atoms with van der Waals surface area (Å²) in [6, 6.07) is 4.02. The summed E-state index contributed by atoms with van der Waals surface area (Å²) in [5.41, 5.74) is 0.708. The molecule has 2 atom stereocenters. The van der Waals surface area contributed by atoms with Gasteiger partial charge in [-0.15, -0.1) is 0 Å². The minimum absolute atomic E-state index is 0.128. The molecule has 1 aliphatic heterocycles. The number of aliphatic carboxylic acids is 1. The molecule has 0 saturated carbocycles. The molecule has 0 amide bonds. The number of piperidine rings is 1. The van der Waals surface area contributed by atoms with Crippen LogP contribution in [0.1, 0.15) is 25.3 Å². The Morgan fingerprint density at radius 2 is 2.16 bits per heavy atom. The molecule has 1 saturated heterocycles.